The average molecular weight is 552 g/mol. The van der Waals surface area contributed by atoms with Crippen molar-refractivity contribution in [3.8, 4) is 0 Å². The van der Waals surface area contributed by atoms with Crippen molar-refractivity contribution < 1.29 is 19.1 Å². The number of fused-ring (bicyclic) bond motifs is 2. The molecule has 2 atom stereocenters. The fraction of sp³-hybridized carbons (Fsp3) is 0.455. The first-order chi connectivity index (χ1) is 15.7. The zero-order valence-electron chi connectivity index (χ0n) is 18.1. The van der Waals surface area contributed by atoms with Gasteiger partial charge in [0.2, 0.25) is 17.7 Å². The molecule has 1 aromatic carbocycles. The van der Waals surface area contributed by atoms with Gasteiger partial charge in [-0.05, 0) is 24.3 Å². The first-order valence-corrected chi connectivity index (χ1v) is 13.1. The maximum Gasteiger partial charge on any atom is 0.308 e. The Morgan fingerprint density at radius 3 is 2.45 bits per heavy atom. The molecule has 174 valence electrons. The molecule has 33 heavy (non-hydrogen) atoms. The predicted octanol–water partition coefficient (Wildman–Crippen LogP) is 2.47. The number of anilines is 1. The van der Waals surface area contributed by atoms with Crippen molar-refractivity contribution >= 4 is 62.4 Å². The molecule has 2 fully saturated rings. The molecule has 0 aliphatic carbocycles. The molecule has 2 aromatic rings. The smallest absolute Gasteiger partial charge is 0.308 e. The van der Waals surface area contributed by atoms with E-state index in [0.29, 0.717) is 37.0 Å². The van der Waals surface area contributed by atoms with Gasteiger partial charge in [-0.15, -0.1) is 0 Å². The number of nitrogens with zero attached hydrogens (tertiary/aromatic N) is 3. The molecule has 0 saturated carbocycles. The molecule has 0 spiro atoms. The Kier molecular flexibility index (Phi) is 5.79. The van der Waals surface area contributed by atoms with Crippen LogP contribution in [0.4, 0.5) is 5.69 Å². The van der Waals surface area contributed by atoms with Gasteiger partial charge in [-0.25, -0.2) is 4.90 Å². The molecule has 11 heteroatoms. The number of hydrogen-bond acceptors (Lipinski definition) is 7. The van der Waals surface area contributed by atoms with E-state index in [2.05, 4.69) is 15.9 Å². The van der Waals surface area contributed by atoms with Crippen LogP contribution in [0.25, 0.3) is 0 Å². The van der Waals surface area contributed by atoms with Crippen molar-refractivity contribution in [2.75, 3.05) is 31.2 Å². The molecule has 3 amide bonds. The highest BCUT2D eigenvalue weighted by molar-refractivity contribution is 9.10. The Hall–Kier alpha value is -1.95. The van der Waals surface area contributed by atoms with Crippen LogP contribution in [0.2, 0.25) is 0 Å². The van der Waals surface area contributed by atoms with Gasteiger partial charge in [0.05, 0.1) is 29.8 Å². The molecule has 0 radical (unpaired) electrons. The fourth-order valence-electron chi connectivity index (χ4n) is 4.66. The fourth-order valence-corrected chi connectivity index (χ4v) is 7.96. The third kappa shape index (κ3) is 3.69. The number of thiazole rings is 1. The first-order valence-electron chi connectivity index (χ1n) is 10.6. The molecule has 0 bridgehead atoms. The average Bonchev–Trinajstić information content (AvgIpc) is 3.24. The summed E-state index contributed by atoms with van der Waals surface area (Å²) in [6.07, 6.45) is 0. The summed E-state index contributed by atoms with van der Waals surface area (Å²) < 4.78 is 7.64. The van der Waals surface area contributed by atoms with Crippen LogP contribution in [-0.4, -0.2) is 58.7 Å². The second-order valence-electron chi connectivity index (χ2n) is 8.81. The van der Waals surface area contributed by atoms with Gasteiger partial charge in [0.15, 0.2) is 0 Å². The van der Waals surface area contributed by atoms with Gasteiger partial charge in [0.1, 0.15) is 11.8 Å². The number of thioether (sulfide) groups is 1. The largest absolute Gasteiger partial charge is 0.378 e. The van der Waals surface area contributed by atoms with Crippen LogP contribution < -0.4 is 9.77 Å². The molecule has 3 aliphatic rings. The van der Waals surface area contributed by atoms with Crippen LogP contribution in [0.1, 0.15) is 18.7 Å². The van der Waals surface area contributed by atoms with Crippen molar-refractivity contribution in [2.24, 2.45) is 5.92 Å². The summed E-state index contributed by atoms with van der Waals surface area (Å²) in [6, 6.07) is 7.06. The van der Waals surface area contributed by atoms with E-state index < -0.39 is 16.6 Å². The molecule has 3 aliphatic heterocycles. The maximum absolute atomic E-state index is 13.5. The van der Waals surface area contributed by atoms with E-state index >= 15 is 0 Å². The van der Waals surface area contributed by atoms with Crippen LogP contribution in [0.3, 0.4) is 0 Å². The number of imide groups is 1. The zero-order chi connectivity index (χ0) is 23.5. The van der Waals surface area contributed by atoms with Crippen molar-refractivity contribution in [2.45, 2.75) is 36.1 Å². The van der Waals surface area contributed by atoms with Gasteiger partial charge < -0.3 is 9.64 Å². The highest BCUT2D eigenvalue weighted by Crippen LogP contribution is 2.54. The molecule has 2 unspecified atom stereocenters. The summed E-state index contributed by atoms with van der Waals surface area (Å²) in [7, 11) is 0. The first kappa shape index (κ1) is 22.8. The topological polar surface area (TPSA) is 88.9 Å². The quantitative estimate of drug-likeness (QED) is 0.544. The molecule has 8 nitrogen and oxygen atoms in total. The highest BCUT2D eigenvalue weighted by Gasteiger charge is 2.59. The normalized spacial score (nSPS) is 24.1. The van der Waals surface area contributed by atoms with Gasteiger partial charge >= 0.3 is 4.87 Å². The van der Waals surface area contributed by atoms with Crippen LogP contribution in [0.5, 0.6) is 0 Å². The van der Waals surface area contributed by atoms with E-state index in [1.54, 1.807) is 29.2 Å². The van der Waals surface area contributed by atoms with Gasteiger partial charge in [-0.2, -0.15) is 0 Å². The van der Waals surface area contributed by atoms with E-state index in [9.17, 15) is 19.2 Å². The van der Waals surface area contributed by atoms with Gasteiger partial charge in [-0.1, -0.05) is 52.9 Å². The number of amides is 3. The summed E-state index contributed by atoms with van der Waals surface area (Å²) in [5, 5.41) is -0.0287. The van der Waals surface area contributed by atoms with Crippen LogP contribution >= 0.6 is 39.0 Å². The minimum absolute atomic E-state index is 0.0797. The predicted molar refractivity (Wildman–Crippen MR) is 129 cm³/mol. The number of carbonyl (C=O) groups excluding carboxylic acids is 3. The number of hydrogen-bond donors (Lipinski definition) is 0. The van der Waals surface area contributed by atoms with E-state index in [0.717, 1.165) is 20.7 Å². The van der Waals surface area contributed by atoms with E-state index in [1.165, 1.54) is 21.2 Å². The van der Waals surface area contributed by atoms with Gasteiger partial charge in [0.25, 0.3) is 0 Å². The van der Waals surface area contributed by atoms with Crippen molar-refractivity contribution in [1.29, 1.82) is 0 Å². The zero-order valence-corrected chi connectivity index (χ0v) is 21.3. The lowest BCUT2D eigenvalue weighted by molar-refractivity contribution is -0.136. The minimum atomic E-state index is -0.723. The molecule has 2 saturated heterocycles. The van der Waals surface area contributed by atoms with Gasteiger partial charge in [-0.3, -0.25) is 23.7 Å². The summed E-state index contributed by atoms with van der Waals surface area (Å²) in [5.41, 5.74) is -0.193. The van der Waals surface area contributed by atoms with Crippen molar-refractivity contribution in [3.63, 3.8) is 0 Å². The molecule has 4 heterocycles. The lowest BCUT2D eigenvalue weighted by atomic mass is 9.76. The number of benzene rings is 1. The lowest BCUT2D eigenvalue weighted by Crippen LogP contribution is -2.44. The third-order valence-electron chi connectivity index (χ3n) is 6.45. The van der Waals surface area contributed by atoms with Crippen LogP contribution in [-0.2, 0) is 31.1 Å². The third-order valence-corrected chi connectivity index (χ3v) is 9.80. The summed E-state index contributed by atoms with van der Waals surface area (Å²) in [5.74, 6) is -1.28. The molecule has 5 rings (SSSR count). The second-order valence-corrected chi connectivity index (χ2v) is 11.8. The molecule has 0 N–H and O–H groups in total. The number of morpholine rings is 1. The van der Waals surface area contributed by atoms with Crippen LogP contribution in [0.15, 0.2) is 38.6 Å². The Bertz CT molecular complexity index is 1200. The number of carbonyl (C=O) groups is 3. The maximum atomic E-state index is 13.5. The van der Waals surface area contributed by atoms with E-state index in [4.69, 9.17) is 4.74 Å². The number of aromatic nitrogens is 1. The number of rotatable bonds is 3. The Morgan fingerprint density at radius 1 is 1.12 bits per heavy atom. The van der Waals surface area contributed by atoms with Crippen molar-refractivity contribution in [1.82, 2.24) is 9.47 Å². The van der Waals surface area contributed by atoms with Crippen molar-refractivity contribution in [3.05, 3.63) is 43.3 Å². The summed E-state index contributed by atoms with van der Waals surface area (Å²) >= 11 is 5.68. The minimum Gasteiger partial charge on any atom is -0.378 e. The lowest BCUT2D eigenvalue weighted by Gasteiger charge is -2.36. The standard InChI is InChI=1S/C22H22BrN3O5S2/c1-22(2)15-16(19(29)26(18(15)28)13-5-3-12(23)4-6-13)32-20-17(22)33-21(30)25(20)11-14(27)24-7-9-31-10-8-24/h3-6,15-16H,7-11H2,1-2H3. The highest BCUT2D eigenvalue weighted by atomic mass is 79.9. The Balaban J connectivity index is 1.49. The Morgan fingerprint density at radius 2 is 1.79 bits per heavy atom. The van der Waals surface area contributed by atoms with E-state index in [-0.39, 0.29) is 29.1 Å². The number of ether oxygens (including phenoxy) is 1. The molecular formula is C22H22BrN3O5S2. The SMILES string of the molecule is CC1(C)c2sc(=O)n(CC(=O)N3CCOCC3)c2SC2C(=O)N(c3ccc(Br)cc3)C(=O)C21. The summed E-state index contributed by atoms with van der Waals surface area (Å²) in [6.45, 7) is 5.69. The summed E-state index contributed by atoms with van der Waals surface area (Å²) in [4.78, 5) is 56.1. The van der Waals surface area contributed by atoms with Gasteiger partial charge in [0, 0.05) is 27.9 Å². The van der Waals surface area contributed by atoms with Crippen LogP contribution in [0, 0.1) is 5.92 Å². The van der Waals surface area contributed by atoms with E-state index in [1.807, 2.05) is 13.8 Å². The second kappa shape index (κ2) is 8.37. The Labute approximate surface area is 207 Å². The monoisotopic (exact) mass is 551 g/mol. The molecule has 1 aromatic heterocycles. The number of halogens is 1. The molecular weight excluding hydrogens is 530 g/mol.